The second kappa shape index (κ2) is 20.0. The van der Waals surface area contributed by atoms with Crippen LogP contribution in [0.25, 0.3) is 0 Å². The molecule has 0 heterocycles. The number of rotatable bonds is 5. The zero-order valence-corrected chi connectivity index (χ0v) is 9.23. The van der Waals surface area contributed by atoms with Crippen molar-refractivity contribution in [3.05, 3.63) is 0 Å². The molecule has 0 spiro atoms. The van der Waals surface area contributed by atoms with E-state index in [-0.39, 0.29) is 33.3 Å². The topological polar surface area (TPSA) is 285 Å². The maximum Gasteiger partial charge on any atom is 0.320 e. The number of carboxylic acid groups (broad SMARTS) is 1. The van der Waals surface area contributed by atoms with Gasteiger partial charge < -0.3 is 49.7 Å². The van der Waals surface area contributed by atoms with Crippen LogP contribution in [0.5, 0.6) is 0 Å². The summed E-state index contributed by atoms with van der Waals surface area (Å²) in [5, 5.41) is 8.38. The number of carboxylic acids is 1. The first-order valence-corrected chi connectivity index (χ1v) is 3.58. The summed E-state index contributed by atoms with van der Waals surface area (Å²) < 4.78 is 0. The first-order valence-electron chi connectivity index (χ1n) is 3.58. The number of nitrogens with two attached hydrogens (primary N) is 3. The van der Waals surface area contributed by atoms with Gasteiger partial charge in [0.25, 0.3) is 0 Å². The third-order valence-corrected chi connectivity index (χ3v) is 1.28. The number of aliphatic carboxylic acids is 1. The van der Waals surface area contributed by atoms with E-state index in [1.54, 1.807) is 0 Å². The number of guanidine groups is 1. The molecule has 17 N–H and O–H groups in total. The molecule has 0 fully saturated rings. The summed E-state index contributed by atoms with van der Waals surface area (Å²) >= 11 is 0. The molecule has 11 heteroatoms. The van der Waals surface area contributed by atoms with E-state index in [0.717, 1.165) is 0 Å². The van der Waals surface area contributed by atoms with E-state index in [4.69, 9.17) is 22.3 Å². The number of nitrogens with zero attached hydrogens (tertiary/aromatic N) is 1. The molecule has 0 aromatic heterocycles. The SMILES string of the molecule is NC(N)=NCCCC(N)C(=O)O.O.O.O.O.O. The summed E-state index contributed by atoms with van der Waals surface area (Å²) in [6, 6.07) is -0.820. The summed E-state index contributed by atoms with van der Waals surface area (Å²) in [6.45, 7) is 0.420. The van der Waals surface area contributed by atoms with E-state index in [1.807, 2.05) is 0 Å². The lowest BCUT2D eigenvalue weighted by Gasteiger charge is -2.03. The Hall–Kier alpha value is -1.50. The van der Waals surface area contributed by atoms with Crippen molar-refractivity contribution in [1.29, 1.82) is 0 Å². The maximum atomic E-state index is 10.2. The second-order valence-corrected chi connectivity index (χ2v) is 2.39. The van der Waals surface area contributed by atoms with Crippen molar-refractivity contribution in [3.8, 4) is 0 Å². The minimum Gasteiger partial charge on any atom is -0.480 e. The lowest BCUT2D eigenvalue weighted by Crippen LogP contribution is -2.30. The van der Waals surface area contributed by atoms with Crippen LogP contribution in [0.2, 0.25) is 0 Å². The van der Waals surface area contributed by atoms with E-state index < -0.39 is 12.0 Å². The minimum atomic E-state index is -1.00. The van der Waals surface area contributed by atoms with Crippen LogP contribution in [-0.4, -0.2) is 57.0 Å². The Labute approximate surface area is 97.8 Å². The van der Waals surface area contributed by atoms with Crippen molar-refractivity contribution in [1.82, 2.24) is 0 Å². The van der Waals surface area contributed by atoms with Crippen molar-refractivity contribution in [2.45, 2.75) is 18.9 Å². The standard InChI is InChI=1S/C6H14N4O2.5H2O/c7-4(5(11)12)2-1-3-10-6(8)9;;;;;/h4H,1-3,7H2,(H,11,12)(H4,8,9,10);5*1H2. The highest BCUT2D eigenvalue weighted by Crippen LogP contribution is 1.94. The Morgan fingerprint density at radius 1 is 1.12 bits per heavy atom. The Bertz CT molecular complexity index is 185. The van der Waals surface area contributed by atoms with Gasteiger partial charge in [-0.2, -0.15) is 0 Å². The van der Waals surface area contributed by atoms with Crippen LogP contribution in [0, 0.1) is 0 Å². The van der Waals surface area contributed by atoms with Crippen molar-refractivity contribution in [3.63, 3.8) is 0 Å². The number of carbonyl (C=O) groups is 1. The third-order valence-electron chi connectivity index (χ3n) is 1.28. The van der Waals surface area contributed by atoms with Crippen molar-refractivity contribution in [2.24, 2.45) is 22.2 Å². The molecule has 0 saturated carbocycles. The van der Waals surface area contributed by atoms with Gasteiger partial charge in [0.15, 0.2) is 5.96 Å². The first-order chi connectivity index (χ1) is 5.54. The van der Waals surface area contributed by atoms with Crippen LogP contribution >= 0.6 is 0 Å². The van der Waals surface area contributed by atoms with Gasteiger partial charge >= 0.3 is 5.97 Å². The third kappa shape index (κ3) is 25.1. The first kappa shape index (κ1) is 36.1. The maximum absolute atomic E-state index is 10.2. The molecule has 110 valence electrons. The summed E-state index contributed by atoms with van der Waals surface area (Å²) in [6.07, 6.45) is 0.956. The van der Waals surface area contributed by atoms with Crippen LogP contribution in [0.1, 0.15) is 12.8 Å². The van der Waals surface area contributed by atoms with Gasteiger partial charge in [-0.3, -0.25) is 9.79 Å². The largest absolute Gasteiger partial charge is 0.480 e. The minimum absolute atomic E-state index is 0. The number of hydrogen-bond donors (Lipinski definition) is 4. The molecular formula is C6H24N4O7. The monoisotopic (exact) mass is 264 g/mol. The number of hydrogen-bond acceptors (Lipinski definition) is 3. The van der Waals surface area contributed by atoms with Gasteiger partial charge in [-0.1, -0.05) is 0 Å². The van der Waals surface area contributed by atoms with E-state index in [9.17, 15) is 4.79 Å². The zero-order valence-electron chi connectivity index (χ0n) is 9.23. The fraction of sp³-hybridized carbons (Fsp3) is 0.667. The average Bonchev–Trinajstić information content (AvgIpc) is 1.97. The van der Waals surface area contributed by atoms with E-state index in [0.29, 0.717) is 19.4 Å². The normalized spacial score (nSPS) is 8.53. The average molecular weight is 264 g/mol. The Kier molecular flexibility index (Phi) is 42.4. The van der Waals surface area contributed by atoms with Gasteiger partial charge in [-0.15, -0.1) is 0 Å². The van der Waals surface area contributed by atoms with Crippen molar-refractivity contribution < 1.29 is 37.3 Å². The summed E-state index contributed by atoms with van der Waals surface area (Å²) in [7, 11) is 0. The van der Waals surface area contributed by atoms with Crippen molar-refractivity contribution in [2.75, 3.05) is 6.54 Å². The Morgan fingerprint density at radius 3 is 1.82 bits per heavy atom. The second-order valence-electron chi connectivity index (χ2n) is 2.39. The molecular weight excluding hydrogens is 240 g/mol. The Morgan fingerprint density at radius 2 is 1.53 bits per heavy atom. The molecule has 0 rings (SSSR count). The van der Waals surface area contributed by atoms with Crippen LogP contribution in [-0.2, 0) is 4.79 Å². The fourth-order valence-corrected chi connectivity index (χ4v) is 0.643. The molecule has 0 bridgehead atoms. The fourth-order valence-electron chi connectivity index (χ4n) is 0.643. The molecule has 0 saturated heterocycles. The number of aliphatic imine (C=N–C) groups is 1. The van der Waals surface area contributed by atoms with Gasteiger partial charge in [0.1, 0.15) is 6.04 Å². The highest BCUT2D eigenvalue weighted by molar-refractivity contribution is 5.75. The molecule has 1 unspecified atom stereocenters. The van der Waals surface area contributed by atoms with E-state index >= 15 is 0 Å². The quantitative estimate of drug-likeness (QED) is 0.213. The molecule has 0 aromatic rings. The molecule has 0 amide bonds. The van der Waals surface area contributed by atoms with Gasteiger partial charge in [-0.25, -0.2) is 0 Å². The van der Waals surface area contributed by atoms with Crippen LogP contribution in [0.15, 0.2) is 4.99 Å². The summed E-state index contributed by atoms with van der Waals surface area (Å²) in [5.41, 5.74) is 15.3. The Balaban J connectivity index is -0.0000000605. The van der Waals surface area contributed by atoms with E-state index in [1.165, 1.54) is 0 Å². The molecule has 0 radical (unpaired) electrons. The van der Waals surface area contributed by atoms with Crippen LogP contribution in [0.4, 0.5) is 0 Å². The molecule has 0 aromatic carbocycles. The highest BCUT2D eigenvalue weighted by Gasteiger charge is 2.09. The highest BCUT2D eigenvalue weighted by atomic mass is 16.4. The predicted octanol–water partition coefficient (Wildman–Crippen LogP) is -5.67. The predicted molar refractivity (Wildman–Crippen MR) is 63.6 cm³/mol. The summed E-state index contributed by atoms with van der Waals surface area (Å²) in [4.78, 5) is 13.9. The van der Waals surface area contributed by atoms with E-state index in [2.05, 4.69) is 4.99 Å². The molecule has 1 atom stereocenters. The lowest BCUT2D eigenvalue weighted by molar-refractivity contribution is -0.138. The molecule has 0 aliphatic rings. The zero-order chi connectivity index (χ0) is 9.56. The molecule has 0 aliphatic heterocycles. The van der Waals surface area contributed by atoms with Gasteiger partial charge in [0, 0.05) is 6.54 Å². The lowest BCUT2D eigenvalue weighted by atomic mass is 10.2. The smallest absolute Gasteiger partial charge is 0.320 e. The summed E-state index contributed by atoms with van der Waals surface area (Å²) in [5.74, 6) is -0.987. The van der Waals surface area contributed by atoms with Gasteiger partial charge in [0.2, 0.25) is 0 Å². The van der Waals surface area contributed by atoms with Crippen LogP contribution in [0.3, 0.4) is 0 Å². The molecule has 0 aliphatic carbocycles. The molecule has 11 nitrogen and oxygen atoms in total. The van der Waals surface area contributed by atoms with Gasteiger partial charge in [-0.05, 0) is 12.8 Å². The molecule has 17 heavy (non-hydrogen) atoms. The van der Waals surface area contributed by atoms with Crippen LogP contribution < -0.4 is 17.2 Å². The van der Waals surface area contributed by atoms with Gasteiger partial charge in [0.05, 0.1) is 0 Å². The van der Waals surface area contributed by atoms with Crippen molar-refractivity contribution >= 4 is 11.9 Å².